The van der Waals surface area contributed by atoms with Crippen molar-refractivity contribution in [3.05, 3.63) is 35.9 Å². The second-order valence-electron chi connectivity index (χ2n) is 3.94. The second-order valence-corrected chi connectivity index (χ2v) is 5.25. The second kappa shape index (κ2) is 3.89. The first kappa shape index (κ1) is 10.6. The molecule has 0 unspecified atom stereocenters. The van der Waals surface area contributed by atoms with Gasteiger partial charge in [-0.15, -0.1) is 11.8 Å². The van der Waals surface area contributed by atoms with Gasteiger partial charge < -0.3 is 4.74 Å². The minimum absolute atomic E-state index is 0.0730. The van der Waals surface area contributed by atoms with E-state index in [1.165, 1.54) is 0 Å². The lowest BCUT2D eigenvalue weighted by atomic mass is 10.0. The summed E-state index contributed by atoms with van der Waals surface area (Å²) in [4.78, 5) is 11.7. The van der Waals surface area contributed by atoms with E-state index >= 15 is 0 Å². The number of hydrogen-bond donors (Lipinski definition) is 0. The van der Waals surface area contributed by atoms with Crippen LogP contribution < -0.4 is 0 Å². The maximum atomic E-state index is 11.7. The van der Waals surface area contributed by atoms with Crippen molar-refractivity contribution in [1.82, 2.24) is 0 Å². The highest BCUT2D eigenvalue weighted by atomic mass is 32.2. The summed E-state index contributed by atoms with van der Waals surface area (Å²) in [6.45, 7) is 1.95. The topological polar surface area (TPSA) is 26.3 Å². The van der Waals surface area contributed by atoms with Gasteiger partial charge in [0.2, 0.25) is 0 Å². The molecule has 1 aliphatic rings. The summed E-state index contributed by atoms with van der Waals surface area (Å²) in [6, 6.07) is 9.91. The number of rotatable bonds is 2. The Morgan fingerprint density at radius 2 is 2.07 bits per heavy atom. The zero-order chi connectivity index (χ0) is 10.9. The molecule has 3 heteroatoms. The molecule has 0 N–H and O–H groups in total. The summed E-state index contributed by atoms with van der Waals surface area (Å²) in [5.74, 6) is -0.0937. The molecule has 80 valence electrons. The van der Waals surface area contributed by atoms with Crippen molar-refractivity contribution in [2.45, 2.75) is 24.2 Å². The molecule has 2 atom stereocenters. The molecule has 1 aromatic rings. The summed E-state index contributed by atoms with van der Waals surface area (Å²) in [5, 5.41) is 0. The Hall–Kier alpha value is -0.960. The van der Waals surface area contributed by atoms with Gasteiger partial charge in [0.05, 0.1) is 0 Å². The average Bonchev–Trinajstić information content (AvgIpc) is 2.58. The highest BCUT2D eigenvalue weighted by Gasteiger charge is 2.45. The van der Waals surface area contributed by atoms with Crippen LogP contribution in [0.25, 0.3) is 0 Å². The summed E-state index contributed by atoms with van der Waals surface area (Å²) in [5.41, 5.74) is 1.09. The number of carbonyl (C=O) groups excluding carboxylic acids is 1. The Bertz CT molecular complexity index is 363. The van der Waals surface area contributed by atoms with Gasteiger partial charge in [-0.1, -0.05) is 30.3 Å². The highest BCUT2D eigenvalue weighted by Crippen LogP contribution is 2.42. The largest absolute Gasteiger partial charge is 0.456 e. The summed E-state index contributed by atoms with van der Waals surface area (Å²) >= 11 is 1.57. The van der Waals surface area contributed by atoms with E-state index in [1.54, 1.807) is 11.8 Å². The quantitative estimate of drug-likeness (QED) is 0.720. The van der Waals surface area contributed by atoms with Gasteiger partial charge in [0.1, 0.15) is 10.9 Å². The van der Waals surface area contributed by atoms with E-state index in [2.05, 4.69) is 0 Å². The first-order chi connectivity index (χ1) is 7.15. The molecule has 0 saturated carbocycles. The van der Waals surface area contributed by atoms with Crippen LogP contribution in [0, 0.1) is 0 Å². The van der Waals surface area contributed by atoms with E-state index in [4.69, 9.17) is 4.74 Å². The normalized spacial score (nSPS) is 30.3. The smallest absolute Gasteiger partial charge is 0.322 e. The van der Waals surface area contributed by atoms with E-state index < -0.39 is 0 Å². The van der Waals surface area contributed by atoms with Crippen LogP contribution in [0.4, 0.5) is 0 Å². The molecule has 0 bridgehead atoms. The van der Waals surface area contributed by atoms with E-state index in [0.29, 0.717) is 0 Å². The van der Waals surface area contributed by atoms with Crippen LogP contribution in [0.5, 0.6) is 0 Å². The molecule has 2 rings (SSSR count). The van der Waals surface area contributed by atoms with Crippen LogP contribution in [0.3, 0.4) is 0 Å². The van der Waals surface area contributed by atoms with Crippen molar-refractivity contribution in [2.75, 3.05) is 6.26 Å². The lowest BCUT2D eigenvalue weighted by Crippen LogP contribution is -2.25. The number of benzene rings is 1. The first-order valence-corrected chi connectivity index (χ1v) is 6.19. The number of carbonyl (C=O) groups is 1. The Morgan fingerprint density at radius 3 is 2.60 bits per heavy atom. The molecule has 1 fully saturated rings. The number of cyclic esters (lactones) is 1. The van der Waals surface area contributed by atoms with Gasteiger partial charge in [-0.25, -0.2) is 0 Å². The van der Waals surface area contributed by atoms with Gasteiger partial charge in [-0.2, -0.15) is 0 Å². The van der Waals surface area contributed by atoms with Crippen LogP contribution in [0.15, 0.2) is 30.3 Å². The average molecular weight is 222 g/mol. The zero-order valence-corrected chi connectivity index (χ0v) is 9.71. The maximum absolute atomic E-state index is 11.7. The van der Waals surface area contributed by atoms with Crippen molar-refractivity contribution in [3.8, 4) is 0 Å². The molecular formula is C12H14O2S. The third-order valence-corrected chi connectivity index (χ3v) is 4.11. The first-order valence-electron chi connectivity index (χ1n) is 4.97. The van der Waals surface area contributed by atoms with Crippen LogP contribution in [0.2, 0.25) is 0 Å². The molecule has 0 aromatic heterocycles. The minimum atomic E-state index is -0.374. The SMILES string of the molecule is CS[C@@]1(C)C[C@H](c2ccccc2)OC1=O. The van der Waals surface area contributed by atoms with Crippen molar-refractivity contribution in [3.63, 3.8) is 0 Å². The Balaban J connectivity index is 2.20. The molecule has 0 aliphatic carbocycles. The molecular weight excluding hydrogens is 208 g/mol. The van der Waals surface area contributed by atoms with E-state index in [9.17, 15) is 4.79 Å². The molecule has 1 heterocycles. The number of esters is 1. The number of ether oxygens (including phenoxy) is 1. The molecule has 0 spiro atoms. The third kappa shape index (κ3) is 1.88. The van der Waals surface area contributed by atoms with Crippen LogP contribution in [-0.2, 0) is 9.53 Å². The Kier molecular flexibility index (Phi) is 2.74. The predicted molar refractivity (Wildman–Crippen MR) is 61.8 cm³/mol. The van der Waals surface area contributed by atoms with E-state index in [1.807, 2.05) is 43.5 Å². The number of thioether (sulfide) groups is 1. The molecule has 2 nitrogen and oxygen atoms in total. The third-order valence-electron chi connectivity index (χ3n) is 2.88. The van der Waals surface area contributed by atoms with Crippen LogP contribution >= 0.6 is 11.8 Å². The maximum Gasteiger partial charge on any atom is 0.322 e. The fourth-order valence-corrected chi connectivity index (χ4v) is 2.29. The van der Waals surface area contributed by atoms with E-state index in [-0.39, 0.29) is 16.8 Å². The van der Waals surface area contributed by atoms with Gasteiger partial charge in [0.15, 0.2) is 0 Å². The van der Waals surface area contributed by atoms with Crippen molar-refractivity contribution in [2.24, 2.45) is 0 Å². The standard InChI is InChI=1S/C12H14O2S/c1-12(15-2)8-10(14-11(12)13)9-6-4-3-5-7-9/h3-7,10H,8H2,1-2H3/t10-,12+/m1/s1. The minimum Gasteiger partial charge on any atom is -0.456 e. The fraction of sp³-hybridized carbons (Fsp3) is 0.417. The highest BCUT2D eigenvalue weighted by molar-refractivity contribution is 8.00. The predicted octanol–water partition coefficient (Wildman–Crippen LogP) is 2.80. The summed E-state index contributed by atoms with van der Waals surface area (Å²) in [6.07, 6.45) is 2.64. The molecule has 0 radical (unpaired) electrons. The van der Waals surface area contributed by atoms with Crippen LogP contribution in [-0.4, -0.2) is 17.0 Å². The summed E-state index contributed by atoms with van der Waals surface area (Å²) in [7, 11) is 0. The molecule has 0 amide bonds. The zero-order valence-electron chi connectivity index (χ0n) is 8.90. The lowest BCUT2D eigenvalue weighted by Gasteiger charge is -2.14. The van der Waals surface area contributed by atoms with Gasteiger partial charge in [0, 0.05) is 6.42 Å². The van der Waals surface area contributed by atoms with Crippen molar-refractivity contribution < 1.29 is 9.53 Å². The molecule has 1 aliphatic heterocycles. The van der Waals surface area contributed by atoms with Crippen molar-refractivity contribution >= 4 is 17.7 Å². The van der Waals surface area contributed by atoms with Gasteiger partial charge >= 0.3 is 5.97 Å². The number of hydrogen-bond acceptors (Lipinski definition) is 3. The van der Waals surface area contributed by atoms with Crippen molar-refractivity contribution in [1.29, 1.82) is 0 Å². The lowest BCUT2D eigenvalue weighted by molar-refractivity contribution is -0.143. The summed E-state index contributed by atoms with van der Waals surface area (Å²) < 4.78 is 5.02. The van der Waals surface area contributed by atoms with Crippen LogP contribution in [0.1, 0.15) is 25.0 Å². The van der Waals surface area contributed by atoms with Gasteiger partial charge in [-0.05, 0) is 18.7 Å². The molecule has 1 saturated heterocycles. The van der Waals surface area contributed by atoms with Gasteiger partial charge in [0.25, 0.3) is 0 Å². The fourth-order valence-electron chi connectivity index (χ4n) is 1.75. The Morgan fingerprint density at radius 1 is 1.40 bits per heavy atom. The monoisotopic (exact) mass is 222 g/mol. The van der Waals surface area contributed by atoms with Gasteiger partial charge in [-0.3, -0.25) is 4.79 Å². The molecule has 1 aromatic carbocycles. The molecule has 15 heavy (non-hydrogen) atoms. The van der Waals surface area contributed by atoms with E-state index in [0.717, 1.165) is 12.0 Å². The Labute approximate surface area is 94.0 Å².